The number of anilines is 1. The highest BCUT2D eigenvalue weighted by Crippen LogP contribution is 2.35. The maximum atomic E-state index is 6.06. The summed E-state index contributed by atoms with van der Waals surface area (Å²) < 4.78 is 5.58. The summed E-state index contributed by atoms with van der Waals surface area (Å²) in [6.45, 7) is 7.38. The van der Waals surface area contributed by atoms with Crippen LogP contribution in [0.2, 0.25) is 5.02 Å². The van der Waals surface area contributed by atoms with Gasteiger partial charge in [0.25, 0.3) is 0 Å². The number of thiocarbonyl (C=S) groups is 1. The predicted molar refractivity (Wildman–Crippen MR) is 142 cm³/mol. The summed E-state index contributed by atoms with van der Waals surface area (Å²) in [5.41, 5.74) is 11.3. The molecule has 0 bridgehead atoms. The van der Waals surface area contributed by atoms with E-state index in [9.17, 15) is 0 Å². The molecule has 4 rings (SSSR count). The molecule has 7 heteroatoms. The quantitative estimate of drug-likeness (QED) is 0.327. The van der Waals surface area contributed by atoms with Crippen LogP contribution in [0.1, 0.15) is 29.5 Å². The summed E-state index contributed by atoms with van der Waals surface area (Å²) in [6, 6.07) is 14.2. The van der Waals surface area contributed by atoms with Gasteiger partial charge in [0.15, 0.2) is 5.11 Å². The molecule has 1 fully saturated rings. The Morgan fingerprint density at radius 1 is 1.09 bits per heavy atom. The van der Waals surface area contributed by atoms with Crippen molar-refractivity contribution in [2.45, 2.75) is 26.7 Å². The zero-order chi connectivity index (χ0) is 23.2. The van der Waals surface area contributed by atoms with Gasteiger partial charge in [0.2, 0.25) is 0 Å². The van der Waals surface area contributed by atoms with Gasteiger partial charge < -0.3 is 15.0 Å². The highest BCUT2D eigenvalue weighted by Gasteiger charge is 2.25. The van der Waals surface area contributed by atoms with Crippen LogP contribution in [0.15, 0.2) is 64.4 Å². The average molecular weight is 481 g/mol. The lowest BCUT2D eigenvalue weighted by molar-refractivity contribution is 0.0548. The normalized spacial score (nSPS) is 17.8. The van der Waals surface area contributed by atoms with Gasteiger partial charge in [0.1, 0.15) is 0 Å². The van der Waals surface area contributed by atoms with E-state index in [1.807, 2.05) is 24.4 Å². The summed E-state index contributed by atoms with van der Waals surface area (Å²) in [6.07, 6.45) is 6.07. The summed E-state index contributed by atoms with van der Waals surface area (Å²) in [5, 5.41) is 8.90. The molecule has 2 N–H and O–H groups in total. The van der Waals surface area contributed by atoms with E-state index in [-0.39, 0.29) is 0 Å². The molecule has 0 saturated carbocycles. The van der Waals surface area contributed by atoms with Gasteiger partial charge >= 0.3 is 0 Å². The van der Waals surface area contributed by atoms with Crippen molar-refractivity contribution in [3.63, 3.8) is 0 Å². The molecule has 1 heterocycles. The van der Waals surface area contributed by atoms with Crippen molar-refractivity contribution >= 4 is 46.9 Å². The standard InChI is InChI=1S/C26H29ClN4OS/c1-18-3-10-24(19(2)15-18)29-26(33)30-28-17-22-7-6-21(16-20-4-8-23(27)9-5-20)25(22)31-11-13-32-14-12-31/h3-5,8-10,15-17H,6-7,11-14H2,1-2H3,(H2,29,30,33)/b21-16+,28-17+. The van der Waals surface area contributed by atoms with Crippen molar-refractivity contribution in [2.24, 2.45) is 5.10 Å². The monoisotopic (exact) mass is 480 g/mol. The van der Waals surface area contributed by atoms with Gasteiger partial charge in [-0.2, -0.15) is 5.10 Å². The molecule has 0 unspecified atom stereocenters. The fraction of sp³-hybridized carbons (Fsp3) is 0.308. The SMILES string of the molecule is Cc1ccc(NC(=S)N/N=C/C2=C(N3CCOCC3)C(=C/c3ccc(Cl)cc3)/CC2)c(C)c1. The molecule has 1 saturated heterocycles. The van der Waals surface area contributed by atoms with Gasteiger partial charge in [-0.25, -0.2) is 0 Å². The molecular formula is C26H29ClN4OS. The second-order valence-electron chi connectivity index (χ2n) is 8.34. The molecule has 1 aliphatic carbocycles. The van der Waals surface area contributed by atoms with Crippen LogP contribution < -0.4 is 10.7 Å². The molecule has 1 aliphatic heterocycles. The van der Waals surface area contributed by atoms with Gasteiger partial charge in [-0.15, -0.1) is 0 Å². The lowest BCUT2D eigenvalue weighted by Crippen LogP contribution is -2.36. The number of nitrogens with zero attached hydrogens (tertiary/aromatic N) is 2. The topological polar surface area (TPSA) is 48.9 Å². The van der Waals surface area contributed by atoms with Crippen LogP contribution in [0.5, 0.6) is 0 Å². The molecule has 0 radical (unpaired) electrons. The Kier molecular flexibility index (Phi) is 7.81. The molecule has 0 aromatic heterocycles. The molecule has 2 aromatic carbocycles. The molecule has 33 heavy (non-hydrogen) atoms. The Morgan fingerprint density at radius 2 is 1.85 bits per heavy atom. The number of hydrogen-bond acceptors (Lipinski definition) is 4. The smallest absolute Gasteiger partial charge is 0.191 e. The highest BCUT2D eigenvalue weighted by molar-refractivity contribution is 7.80. The van der Waals surface area contributed by atoms with E-state index in [1.54, 1.807) is 0 Å². The van der Waals surface area contributed by atoms with E-state index in [2.05, 4.69) is 64.9 Å². The number of hydrazone groups is 1. The number of hydrogen-bond donors (Lipinski definition) is 2. The lowest BCUT2D eigenvalue weighted by atomic mass is 10.1. The fourth-order valence-corrected chi connectivity index (χ4v) is 4.49. The van der Waals surface area contributed by atoms with Crippen LogP contribution in [0.3, 0.4) is 0 Å². The minimum absolute atomic E-state index is 0.474. The van der Waals surface area contributed by atoms with E-state index in [4.69, 9.17) is 28.6 Å². The van der Waals surface area contributed by atoms with Crippen molar-refractivity contribution < 1.29 is 4.74 Å². The molecule has 2 aromatic rings. The number of rotatable bonds is 5. The molecule has 0 spiro atoms. The number of benzene rings is 2. The molecule has 2 aliphatic rings. The van der Waals surface area contributed by atoms with Crippen LogP contribution in [-0.4, -0.2) is 42.5 Å². The number of halogens is 1. The Balaban J connectivity index is 1.50. The van der Waals surface area contributed by atoms with Crippen molar-refractivity contribution in [3.8, 4) is 0 Å². The van der Waals surface area contributed by atoms with Gasteiger partial charge in [-0.3, -0.25) is 5.43 Å². The summed E-state index contributed by atoms with van der Waals surface area (Å²) in [7, 11) is 0. The Hall–Kier alpha value is -2.67. The zero-order valence-corrected chi connectivity index (χ0v) is 20.6. The van der Waals surface area contributed by atoms with Gasteiger partial charge in [0.05, 0.1) is 19.4 Å². The number of ether oxygens (including phenoxy) is 1. The van der Waals surface area contributed by atoms with Crippen LogP contribution in [0.25, 0.3) is 6.08 Å². The molecule has 5 nitrogen and oxygen atoms in total. The van der Waals surface area contributed by atoms with E-state index in [0.717, 1.165) is 61.0 Å². The summed E-state index contributed by atoms with van der Waals surface area (Å²) in [4.78, 5) is 2.41. The lowest BCUT2D eigenvalue weighted by Gasteiger charge is -2.31. The first-order valence-electron chi connectivity index (χ1n) is 11.2. The Morgan fingerprint density at radius 3 is 2.58 bits per heavy atom. The largest absolute Gasteiger partial charge is 0.378 e. The second kappa shape index (κ2) is 11.0. The second-order valence-corrected chi connectivity index (χ2v) is 9.18. The number of aryl methyl sites for hydroxylation is 2. The van der Waals surface area contributed by atoms with Crippen molar-refractivity contribution in [2.75, 3.05) is 31.6 Å². The first-order valence-corrected chi connectivity index (χ1v) is 12.0. The van der Waals surface area contributed by atoms with Gasteiger partial charge in [-0.05, 0) is 85.5 Å². The Bertz CT molecular complexity index is 1100. The van der Waals surface area contributed by atoms with Crippen LogP contribution in [0, 0.1) is 13.8 Å². The Labute approximate surface area is 206 Å². The third-order valence-electron chi connectivity index (χ3n) is 5.83. The molecular weight excluding hydrogens is 452 g/mol. The van der Waals surface area contributed by atoms with Crippen molar-refractivity contribution in [1.82, 2.24) is 10.3 Å². The highest BCUT2D eigenvalue weighted by atomic mass is 35.5. The van der Waals surface area contributed by atoms with Crippen LogP contribution in [0.4, 0.5) is 5.69 Å². The average Bonchev–Trinajstić information content (AvgIpc) is 3.20. The third-order valence-corrected chi connectivity index (χ3v) is 6.27. The molecule has 0 atom stereocenters. The molecule has 172 valence electrons. The number of allylic oxidation sites excluding steroid dienone is 2. The van der Waals surface area contributed by atoms with Crippen LogP contribution >= 0.6 is 23.8 Å². The summed E-state index contributed by atoms with van der Waals surface area (Å²) in [5.74, 6) is 0. The van der Waals surface area contributed by atoms with E-state index in [0.29, 0.717) is 5.11 Å². The first kappa shape index (κ1) is 23.5. The number of nitrogens with one attached hydrogen (secondary N) is 2. The minimum atomic E-state index is 0.474. The van der Waals surface area contributed by atoms with Crippen molar-refractivity contribution in [3.05, 3.63) is 81.0 Å². The van der Waals surface area contributed by atoms with Crippen molar-refractivity contribution in [1.29, 1.82) is 0 Å². The maximum Gasteiger partial charge on any atom is 0.191 e. The van der Waals surface area contributed by atoms with Gasteiger partial charge in [0, 0.05) is 29.5 Å². The molecule has 0 amide bonds. The van der Waals surface area contributed by atoms with E-state index < -0.39 is 0 Å². The predicted octanol–water partition coefficient (Wildman–Crippen LogP) is 5.69. The van der Waals surface area contributed by atoms with Crippen LogP contribution in [-0.2, 0) is 4.74 Å². The van der Waals surface area contributed by atoms with Gasteiger partial charge in [-0.1, -0.05) is 41.4 Å². The van der Waals surface area contributed by atoms with E-state index in [1.165, 1.54) is 22.4 Å². The fourth-order valence-electron chi connectivity index (χ4n) is 4.20. The minimum Gasteiger partial charge on any atom is -0.378 e. The number of morpholine rings is 1. The third kappa shape index (κ3) is 6.22. The summed E-state index contributed by atoms with van der Waals surface area (Å²) >= 11 is 11.5. The first-order chi connectivity index (χ1) is 16.0. The zero-order valence-electron chi connectivity index (χ0n) is 19.0. The van der Waals surface area contributed by atoms with E-state index >= 15 is 0 Å². The maximum absolute atomic E-state index is 6.06.